The van der Waals surface area contributed by atoms with Crippen LogP contribution in [0.2, 0.25) is 0 Å². The standard InChI is InChI=1S/C12H23NO/c1-14-10-12-7-4-8-13(12)9-11-5-2-3-6-11/h11-12H,2-10H2,1H3/t12-/m0/s1. The first-order valence-corrected chi connectivity index (χ1v) is 6.13. The number of methoxy groups -OCH3 is 1. The number of ether oxygens (including phenoxy) is 1. The molecular formula is C12H23NO. The van der Waals surface area contributed by atoms with Gasteiger partial charge < -0.3 is 4.74 Å². The van der Waals surface area contributed by atoms with Gasteiger partial charge in [0.2, 0.25) is 0 Å². The molecule has 1 saturated carbocycles. The van der Waals surface area contributed by atoms with E-state index in [-0.39, 0.29) is 0 Å². The van der Waals surface area contributed by atoms with E-state index in [0.29, 0.717) is 0 Å². The van der Waals surface area contributed by atoms with Crippen LogP contribution in [-0.4, -0.2) is 37.7 Å². The van der Waals surface area contributed by atoms with E-state index in [1.54, 1.807) is 0 Å². The van der Waals surface area contributed by atoms with E-state index in [0.717, 1.165) is 18.6 Å². The van der Waals surface area contributed by atoms with Crippen molar-refractivity contribution in [2.24, 2.45) is 5.92 Å². The Labute approximate surface area is 87.6 Å². The Bertz CT molecular complexity index is 166. The molecule has 82 valence electrons. The zero-order valence-electron chi connectivity index (χ0n) is 9.37. The maximum atomic E-state index is 5.28. The lowest BCUT2D eigenvalue weighted by molar-refractivity contribution is 0.106. The van der Waals surface area contributed by atoms with Crippen molar-refractivity contribution in [3.63, 3.8) is 0 Å². The SMILES string of the molecule is COC[C@@H]1CCCN1CC1CCCC1. The van der Waals surface area contributed by atoms with Crippen molar-refractivity contribution in [2.45, 2.75) is 44.6 Å². The number of rotatable bonds is 4. The molecule has 2 heteroatoms. The minimum absolute atomic E-state index is 0.723. The van der Waals surface area contributed by atoms with Crippen LogP contribution >= 0.6 is 0 Å². The Morgan fingerprint density at radius 3 is 2.64 bits per heavy atom. The Kier molecular flexibility index (Phi) is 3.82. The van der Waals surface area contributed by atoms with Crippen LogP contribution in [0.3, 0.4) is 0 Å². The van der Waals surface area contributed by atoms with Crippen molar-refractivity contribution >= 4 is 0 Å². The lowest BCUT2D eigenvalue weighted by atomic mass is 10.1. The molecule has 1 heterocycles. The Morgan fingerprint density at radius 1 is 1.14 bits per heavy atom. The number of likely N-dealkylation sites (tertiary alicyclic amines) is 1. The van der Waals surface area contributed by atoms with E-state index in [9.17, 15) is 0 Å². The Hall–Kier alpha value is -0.0800. The van der Waals surface area contributed by atoms with Gasteiger partial charge in [0, 0.05) is 19.7 Å². The average Bonchev–Trinajstić information content (AvgIpc) is 2.80. The van der Waals surface area contributed by atoms with Crippen LogP contribution in [0.4, 0.5) is 0 Å². The predicted octanol–water partition coefficient (Wildman–Crippen LogP) is 2.29. The van der Waals surface area contributed by atoms with Crippen LogP contribution in [0.15, 0.2) is 0 Å². The van der Waals surface area contributed by atoms with Crippen LogP contribution in [0, 0.1) is 5.92 Å². The normalized spacial score (nSPS) is 30.2. The van der Waals surface area contributed by atoms with Crippen molar-refractivity contribution in [1.29, 1.82) is 0 Å². The third-order valence-corrected chi connectivity index (χ3v) is 3.83. The van der Waals surface area contributed by atoms with Gasteiger partial charge in [-0.2, -0.15) is 0 Å². The smallest absolute Gasteiger partial charge is 0.0618 e. The van der Waals surface area contributed by atoms with Crippen LogP contribution < -0.4 is 0 Å². The summed E-state index contributed by atoms with van der Waals surface area (Å²) in [6, 6.07) is 0.723. The first-order chi connectivity index (χ1) is 6.90. The van der Waals surface area contributed by atoms with Gasteiger partial charge in [-0.1, -0.05) is 12.8 Å². The molecular weight excluding hydrogens is 174 g/mol. The molecule has 0 amide bonds. The second-order valence-electron chi connectivity index (χ2n) is 4.90. The molecule has 1 atom stereocenters. The van der Waals surface area contributed by atoms with Crippen molar-refractivity contribution in [2.75, 3.05) is 26.8 Å². The van der Waals surface area contributed by atoms with Crippen LogP contribution in [0.5, 0.6) is 0 Å². The molecule has 14 heavy (non-hydrogen) atoms. The van der Waals surface area contributed by atoms with Gasteiger partial charge in [-0.25, -0.2) is 0 Å². The van der Waals surface area contributed by atoms with Crippen molar-refractivity contribution in [3.8, 4) is 0 Å². The van der Waals surface area contributed by atoms with E-state index in [4.69, 9.17) is 4.74 Å². The largest absolute Gasteiger partial charge is 0.383 e. The maximum Gasteiger partial charge on any atom is 0.0618 e. The van der Waals surface area contributed by atoms with Crippen molar-refractivity contribution in [1.82, 2.24) is 4.90 Å². The molecule has 2 aliphatic rings. The first kappa shape index (κ1) is 10.4. The second-order valence-corrected chi connectivity index (χ2v) is 4.90. The van der Waals surface area contributed by atoms with Crippen LogP contribution in [0.1, 0.15) is 38.5 Å². The highest BCUT2D eigenvalue weighted by atomic mass is 16.5. The first-order valence-electron chi connectivity index (χ1n) is 6.13. The lowest BCUT2D eigenvalue weighted by Gasteiger charge is -2.26. The van der Waals surface area contributed by atoms with E-state index >= 15 is 0 Å². The lowest BCUT2D eigenvalue weighted by Crippen LogP contribution is -2.36. The Morgan fingerprint density at radius 2 is 1.93 bits per heavy atom. The summed E-state index contributed by atoms with van der Waals surface area (Å²) in [5.74, 6) is 0.993. The molecule has 1 aliphatic heterocycles. The van der Waals surface area contributed by atoms with Gasteiger partial charge in [-0.3, -0.25) is 4.90 Å². The quantitative estimate of drug-likeness (QED) is 0.685. The van der Waals surface area contributed by atoms with Crippen molar-refractivity contribution < 1.29 is 4.74 Å². The monoisotopic (exact) mass is 197 g/mol. The highest BCUT2D eigenvalue weighted by molar-refractivity contribution is 4.82. The van der Waals surface area contributed by atoms with Gasteiger partial charge in [0.1, 0.15) is 0 Å². The molecule has 0 unspecified atom stereocenters. The van der Waals surface area contributed by atoms with Crippen LogP contribution in [0.25, 0.3) is 0 Å². The van der Waals surface area contributed by atoms with E-state index in [1.165, 1.54) is 51.6 Å². The van der Waals surface area contributed by atoms with Crippen molar-refractivity contribution in [3.05, 3.63) is 0 Å². The highest BCUT2D eigenvalue weighted by Crippen LogP contribution is 2.28. The molecule has 0 aromatic heterocycles. The summed E-state index contributed by atoms with van der Waals surface area (Å²) in [4.78, 5) is 2.67. The summed E-state index contributed by atoms with van der Waals surface area (Å²) >= 11 is 0. The second kappa shape index (κ2) is 5.13. The third kappa shape index (κ3) is 2.48. The van der Waals surface area contributed by atoms with Gasteiger partial charge in [-0.15, -0.1) is 0 Å². The summed E-state index contributed by atoms with van der Waals surface area (Å²) in [6.45, 7) is 3.59. The third-order valence-electron chi connectivity index (χ3n) is 3.83. The van der Waals surface area contributed by atoms with Gasteiger partial charge in [0.25, 0.3) is 0 Å². The molecule has 0 spiro atoms. The fourth-order valence-corrected chi connectivity index (χ4v) is 3.04. The molecule has 0 aromatic rings. The minimum Gasteiger partial charge on any atom is -0.383 e. The summed E-state index contributed by atoms with van der Waals surface area (Å²) in [5, 5.41) is 0. The molecule has 2 rings (SSSR count). The van der Waals surface area contributed by atoms with Crippen LogP contribution in [-0.2, 0) is 4.74 Å². The van der Waals surface area contributed by atoms with Gasteiger partial charge in [0.15, 0.2) is 0 Å². The summed E-state index contributed by atoms with van der Waals surface area (Å²) in [5.41, 5.74) is 0. The molecule has 0 bridgehead atoms. The number of nitrogens with zero attached hydrogens (tertiary/aromatic N) is 1. The molecule has 0 aromatic carbocycles. The molecule has 0 radical (unpaired) electrons. The van der Waals surface area contributed by atoms with E-state index < -0.39 is 0 Å². The number of hydrogen-bond acceptors (Lipinski definition) is 2. The zero-order valence-corrected chi connectivity index (χ0v) is 9.37. The average molecular weight is 197 g/mol. The highest BCUT2D eigenvalue weighted by Gasteiger charge is 2.27. The molecule has 1 saturated heterocycles. The minimum atomic E-state index is 0.723. The summed E-state index contributed by atoms with van der Waals surface area (Å²) in [7, 11) is 1.83. The molecule has 0 N–H and O–H groups in total. The number of hydrogen-bond donors (Lipinski definition) is 0. The van der Waals surface area contributed by atoms with E-state index in [2.05, 4.69) is 4.90 Å². The molecule has 2 nitrogen and oxygen atoms in total. The topological polar surface area (TPSA) is 12.5 Å². The van der Waals surface area contributed by atoms with Gasteiger partial charge >= 0.3 is 0 Å². The Balaban J connectivity index is 1.77. The molecule has 1 aliphatic carbocycles. The summed E-state index contributed by atoms with van der Waals surface area (Å²) in [6.07, 6.45) is 8.59. The molecule has 2 fully saturated rings. The zero-order chi connectivity index (χ0) is 9.80. The van der Waals surface area contributed by atoms with Gasteiger partial charge in [0.05, 0.1) is 6.61 Å². The summed E-state index contributed by atoms with van der Waals surface area (Å²) < 4.78 is 5.28. The van der Waals surface area contributed by atoms with E-state index in [1.807, 2.05) is 7.11 Å². The van der Waals surface area contributed by atoms with Gasteiger partial charge in [-0.05, 0) is 38.1 Å². The fraction of sp³-hybridized carbons (Fsp3) is 1.00. The predicted molar refractivity (Wildman–Crippen MR) is 58.4 cm³/mol. The maximum absolute atomic E-state index is 5.28. The fourth-order valence-electron chi connectivity index (χ4n) is 3.04.